The number of thiazole rings is 1. The minimum absolute atomic E-state index is 0.237. The zero-order chi connectivity index (χ0) is 10.5. The van der Waals surface area contributed by atoms with Gasteiger partial charge in [0, 0.05) is 10.9 Å². The van der Waals surface area contributed by atoms with E-state index in [-0.39, 0.29) is 6.04 Å². The van der Waals surface area contributed by atoms with Crippen LogP contribution in [0.15, 0.2) is 0 Å². The molecule has 0 saturated carbocycles. The third-order valence-electron chi connectivity index (χ3n) is 3.90. The third-order valence-corrected chi connectivity index (χ3v) is 4.99. The minimum atomic E-state index is 0.237. The van der Waals surface area contributed by atoms with Gasteiger partial charge in [0.25, 0.3) is 0 Å². The Morgan fingerprint density at radius 3 is 2.87 bits per heavy atom. The average Bonchev–Trinajstić information content (AvgIpc) is 2.68. The summed E-state index contributed by atoms with van der Waals surface area (Å²) >= 11 is 1.80. The molecular weight excluding hydrogens is 206 g/mol. The molecule has 1 aliphatic heterocycles. The second-order valence-corrected chi connectivity index (χ2v) is 6.05. The third kappa shape index (κ3) is 1.35. The van der Waals surface area contributed by atoms with Gasteiger partial charge in [0.2, 0.25) is 0 Å². The van der Waals surface area contributed by atoms with E-state index < -0.39 is 0 Å². The molecule has 1 atom stereocenters. The van der Waals surface area contributed by atoms with Crippen molar-refractivity contribution in [2.24, 2.45) is 11.1 Å². The van der Waals surface area contributed by atoms with Gasteiger partial charge in [0.1, 0.15) is 0 Å². The van der Waals surface area contributed by atoms with Crippen molar-refractivity contribution in [2.45, 2.75) is 32.2 Å². The van der Waals surface area contributed by atoms with Crippen molar-refractivity contribution in [2.75, 3.05) is 13.1 Å². The zero-order valence-electron chi connectivity index (χ0n) is 9.05. The minimum Gasteiger partial charge on any atom is -0.323 e. The van der Waals surface area contributed by atoms with Gasteiger partial charge in [-0.25, -0.2) is 4.98 Å². The van der Waals surface area contributed by atoms with E-state index in [1.165, 1.54) is 28.4 Å². The maximum atomic E-state index is 6.41. The molecule has 1 unspecified atom stereocenters. The standard InChI is InChI=1S/C11H17N3S/c1-7-14-8-6-11(2-4-13-5-3-11)10(12)9(8)15-7/h10,13H,2-6,12H2,1H3. The van der Waals surface area contributed by atoms with Crippen LogP contribution in [0, 0.1) is 12.3 Å². The Morgan fingerprint density at radius 2 is 2.20 bits per heavy atom. The second kappa shape index (κ2) is 3.27. The summed E-state index contributed by atoms with van der Waals surface area (Å²) in [5, 5.41) is 4.58. The van der Waals surface area contributed by atoms with Gasteiger partial charge in [-0.2, -0.15) is 0 Å². The average molecular weight is 223 g/mol. The highest BCUT2D eigenvalue weighted by molar-refractivity contribution is 7.11. The Balaban J connectivity index is 1.95. The van der Waals surface area contributed by atoms with Crippen LogP contribution in [0.2, 0.25) is 0 Å². The molecule has 3 N–H and O–H groups in total. The Bertz CT molecular complexity index is 379. The van der Waals surface area contributed by atoms with E-state index in [1.54, 1.807) is 11.3 Å². The van der Waals surface area contributed by atoms with E-state index in [0.29, 0.717) is 5.41 Å². The largest absolute Gasteiger partial charge is 0.323 e. The second-order valence-electron chi connectivity index (χ2n) is 4.81. The predicted octanol–water partition coefficient (Wildman–Crippen LogP) is 1.38. The molecule has 0 radical (unpaired) electrons. The Labute approximate surface area is 94.1 Å². The number of aromatic nitrogens is 1. The summed E-state index contributed by atoms with van der Waals surface area (Å²) in [6.07, 6.45) is 3.52. The topological polar surface area (TPSA) is 50.9 Å². The Morgan fingerprint density at radius 1 is 1.47 bits per heavy atom. The lowest BCUT2D eigenvalue weighted by Gasteiger charge is -2.37. The van der Waals surface area contributed by atoms with Crippen LogP contribution in [0.5, 0.6) is 0 Å². The molecule has 3 nitrogen and oxygen atoms in total. The van der Waals surface area contributed by atoms with Crippen molar-refractivity contribution in [1.29, 1.82) is 0 Å². The first-order chi connectivity index (χ1) is 7.21. The summed E-state index contributed by atoms with van der Waals surface area (Å²) in [7, 11) is 0. The summed E-state index contributed by atoms with van der Waals surface area (Å²) in [5.74, 6) is 0. The van der Waals surface area contributed by atoms with Crippen molar-refractivity contribution in [3.63, 3.8) is 0 Å². The van der Waals surface area contributed by atoms with Crippen molar-refractivity contribution in [1.82, 2.24) is 10.3 Å². The fraction of sp³-hybridized carbons (Fsp3) is 0.727. The highest BCUT2D eigenvalue weighted by Crippen LogP contribution is 2.51. The van der Waals surface area contributed by atoms with Gasteiger partial charge in [0.05, 0.1) is 10.7 Å². The number of nitrogens with zero attached hydrogens (tertiary/aromatic N) is 1. The van der Waals surface area contributed by atoms with E-state index in [9.17, 15) is 0 Å². The molecule has 1 aromatic heterocycles. The number of aryl methyl sites for hydroxylation is 1. The molecule has 4 heteroatoms. The molecule has 1 spiro atoms. The Kier molecular flexibility index (Phi) is 2.13. The van der Waals surface area contributed by atoms with Crippen LogP contribution in [-0.4, -0.2) is 18.1 Å². The molecule has 82 valence electrons. The van der Waals surface area contributed by atoms with Crippen LogP contribution in [0.1, 0.15) is 34.5 Å². The summed E-state index contributed by atoms with van der Waals surface area (Å²) in [6.45, 7) is 4.30. The van der Waals surface area contributed by atoms with E-state index in [0.717, 1.165) is 19.5 Å². The number of fused-ring (bicyclic) bond motifs is 1. The van der Waals surface area contributed by atoms with Crippen LogP contribution in [-0.2, 0) is 6.42 Å². The van der Waals surface area contributed by atoms with Crippen LogP contribution >= 0.6 is 11.3 Å². The summed E-state index contributed by atoms with van der Waals surface area (Å²) in [4.78, 5) is 5.97. The maximum Gasteiger partial charge on any atom is 0.0900 e. The summed E-state index contributed by atoms with van der Waals surface area (Å²) < 4.78 is 0. The van der Waals surface area contributed by atoms with Crippen LogP contribution in [0.4, 0.5) is 0 Å². The van der Waals surface area contributed by atoms with Gasteiger partial charge in [-0.15, -0.1) is 11.3 Å². The summed E-state index contributed by atoms with van der Waals surface area (Å²) in [5.41, 5.74) is 8.02. The number of hydrogen-bond acceptors (Lipinski definition) is 4. The van der Waals surface area contributed by atoms with Gasteiger partial charge in [0.15, 0.2) is 0 Å². The fourth-order valence-corrected chi connectivity index (χ4v) is 4.08. The molecule has 1 fully saturated rings. The summed E-state index contributed by atoms with van der Waals surface area (Å²) in [6, 6.07) is 0.237. The fourth-order valence-electron chi connectivity index (χ4n) is 2.99. The molecule has 0 aromatic carbocycles. The van der Waals surface area contributed by atoms with Crippen LogP contribution < -0.4 is 11.1 Å². The molecule has 3 rings (SSSR count). The number of hydrogen-bond donors (Lipinski definition) is 2. The molecule has 2 heterocycles. The van der Waals surface area contributed by atoms with Gasteiger partial charge in [-0.3, -0.25) is 0 Å². The van der Waals surface area contributed by atoms with E-state index in [2.05, 4.69) is 17.2 Å². The van der Waals surface area contributed by atoms with Crippen molar-refractivity contribution >= 4 is 11.3 Å². The number of nitrogens with two attached hydrogens (primary N) is 1. The maximum absolute atomic E-state index is 6.41. The predicted molar refractivity (Wildman–Crippen MR) is 62.0 cm³/mol. The molecule has 15 heavy (non-hydrogen) atoms. The van der Waals surface area contributed by atoms with Gasteiger partial charge >= 0.3 is 0 Å². The number of rotatable bonds is 0. The van der Waals surface area contributed by atoms with E-state index in [1.807, 2.05) is 0 Å². The van der Waals surface area contributed by atoms with E-state index in [4.69, 9.17) is 5.73 Å². The molecule has 0 bridgehead atoms. The van der Waals surface area contributed by atoms with E-state index >= 15 is 0 Å². The lowest BCUT2D eigenvalue weighted by Crippen LogP contribution is -2.42. The monoisotopic (exact) mass is 223 g/mol. The number of piperidine rings is 1. The van der Waals surface area contributed by atoms with Crippen molar-refractivity contribution in [3.8, 4) is 0 Å². The quantitative estimate of drug-likeness (QED) is 0.698. The molecule has 1 aromatic rings. The highest BCUT2D eigenvalue weighted by atomic mass is 32.1. The lowest BCUT2D eigenvalue weighted by atomic mass is 9.74. The van der Waals surface area contributed by atoms with Crippen molar-refractivity contribution in [3.05, 3.63) is 15.6 Å². The van der Waals surface area contributed by atoms with Crippen LogP contribution in [0.3, 0.4) is 0 Å². The van der Waals surface area contributed by atoms with Crippen LogP contribution in [0.25, 0.3) is 0 Å². The lowest BCUT2D eigenvalue weighted by molar-refractivity contribution is 0.174. The first-order valence-electron chi connectivity index (χ1n) is 5.64. The first kappa shape index (κ1) is 9.75. The van der Waals surface area contributed by atoms with Crippen molar-refractivity contribution < 1.29 is 0 Å². The molecule has 1 aliphatic carbocycles. The van der Waals surface area contributed by atoms with Gasteiger partial charge in [-0.05, 0) is 44.7 Å². The Hall–Kier alpha value is -0.450. The number of nitrogens with one attached hydrogen (secondary N) is 1. The zero-order valence-corrected chi connectivity index (χ0v) is 9.86. The van der Waals surface area contributed by atoms with Gasteiger partial charge < -0.3 is 11.1 Å². The highest BCUT2D eigenvalue weighted by Gasteiger charge is 2.46. The normalized spacial score (nSPS) is 28.3. The molecule has 1 saturated heterocycles. The SMILES string of the molecule is Cc1nc2c(s1)C(N)C1(CCNCC1)C2. The first-order valence-corrected chi connectivity index (χ1v) is 6.45. The molecule has 2 aliphatic rings. The van der Waals surface area contributed by atoms with Gasteiger partial charge in [-0.1, -0.05) is 0 Å². The molecule has 0 amide bonds. The molecular formula is C11H17N3S. The smallest absolute Gasteiger partial charge is 0.0900 e.